The smallest absolute Gasteiger partial charge is 0.259 e. The zero-order valence-corrected chi connectivity index (χ0v) is 18.1. The summed E-state index contributed by atoms with van der Waals surface area (Å²) in [5.41, 5.74) is 1.66. The Morgan fingerprint density at radius 2 is 1.90 bits per heavy atom. The van der Waals surface area contributed by atoms with Gasteiger partial charge >= 0.3 is 0 Å². The number of rotatable bonds is 4. The first-order valence-electron chi connectivity index (χ1n) is 9.44. The van der Waals surface area contributed by atoms with Crippen LogP contribution in [0, 0.1) is 6.92 Å². The second-order valence-electron chi connectivity index (χ2n) is 6.90. The number of benzene rings is 1. The van der Waals surface area contributed by atoms with Crippen LogP contribution in [0.25, 0.3) is 11.3 Å². The number of piperazine rings is 1. The molecule has 0 radical (unpaired) electrons. The standard InChI is InChI=1S/C21H20Cl2N4O3/c1-13-18(19(25-30-13)15-5-3-4-6-17(15)29-2)21(28)27-9-7-26(8-10-27)20-16(23)11-14(22)12-24-20/h3-6,11-12H,7-10H2,1-2H3. The lowest BCUT2D eigenvalue weighted by Crippen LogP contribution is -2.49. The highest BCUT2D eigenvalue weighted by Gasteiger charge is 2.30. The minimum Gasteiger partial charge on any atom is -0.496 e. The number of methoxy groups -OCH3 is 1. The molecule has 2 aromatic heterocycles. The molecule has 3 heterocycles. The molecule has 1 aliphatic heterocycles. The van der Waals surface area contributed by atoms with Crippen LogP contribution in [-0.4, -0.2) is 54.2 Å². The summed E-state index contributed by atoms with van der Waals surface area (Å²) in [4.78, 5) is 21.5. The number of anilines is 1. The van der Waals surface area contributed by atoms with Crippen molar-refractivity contribution in [2.45, 2.75) is 6.92 Å². The molecule has 9 heteroatoms. The number of para-hydroxylation sites is 1. The van der Waals surface area contributed by atoms with Crippen molar-refractivity contribution >= 4 is 34.9 Å². The SMILES string of the molecule is COc1ccccc1-c1noc(C)c1C(=O)N1CCN(c2ncc(Cl)cc2Cl)CC1. The zero-order valence-electron chi connectivity index (χ0n) is 16.6. The summed E-state index contributed by atoms with van der Waals surface area (Å²) >= 11 is 12.2. The summed E-state index contributed by atoms with van der Waals surface area (Å²) in [7, 11) is 1.59. The fourth-order valence-corrected chi connectivity index (χ4v) is 4.07. The van der Waals surface area contributed by atoms with Gasteiger partial charge in [0.2, 0.25) is 0 Å². The summed E-state index contributed by atoms with van der Waals surface area (Å²) in [5, 5.41) is 5.13. The van der Waals surface area contributed by atoms with E-state index < -0.39 is 0 Å². The lowest BCUT2D eigenvalue weighted by atomic mass is 10.0. The molecule has 0 N–H and O–H groups in total. The number of carbonyl (C=O) groups excluding carboxylic acids is 1. The molecule has 1 saturated heterocycles. The Bertz CT molecular complexity index is 1080. The molecule has 0 unspecified atom stereocenters. The van der Waals surface area contributed by atoms with Crippen molar-refractivity contribution in [1.82, 2.24) is 15.0 Å². The molecule has 156 valence electrons. The molecule has 1 fully saturated rings. The van der Waals surface area contributed by atoms with E-state index in [1.165, 1.54) is 0 Å². The molecule has 3 aromatic rings. The first-order chi connectivity index (χ1) is 14.5. The van der Waals surface area contributed by atoms with E-state index in [0.29, 0.717) is 64.8 Å². The van der Waals surface area contributed by atoms with Gasteiger partial charge in [0.05, 0.1) is 17.2 Å². The lowest BCUT2D eigenvalue weighted by molar-refractivity contribution is 0.0745. The van der Waals surface area contributed by atoms with Gasteiger partial charge in [-0.1, -0.05) is 40.5 Å². The summed E-state index contributed by atoms with van der Waals surface area (Å²) in [6.07, 6.45) is 1.57. The minimum atomic E-state index is -0.121. The molecule has 0 aliphatic carbocycles. The van der Waals surface area contributed by atoms with Gasteiger partial charge in [-0.15, -0.1) is 0 Å². The normalized spacial score (nSPS) is 14.1. The maximum Gasteiger partial charge on any atom is 0.259 e. The van der Waals surface area contributed by atoms with Gasteiger partial charge in [-0.3, -0.25) is 4.79 Å². The van der Waals surface area contributed by atoms with Crippen LogP contribution in [0.3, 0.4) is 0 Å². The Morgan fingerprint density at radius 1 is 1.17 bits per heavy atom. The summed E-state index contributed by atoms with van der Waals surface area (Å²) in [6.45, 7) is 4.00. The van der Waals surface area contributed by atoms with Crippen molar-refractivity contribution in [3.8, 4) is 17.0 Å². The Kier molecular flexibility index (Phi) is 5.83. The molecule has 30 heavy (non-hydrogen) atoms. The average Bonchev–Trinajstić information content (AvgIpc) is 3.14. The number of halogens is 2. The van der Waals surface area contributed by atoms with Gasteiger partial charge in [-0.05, 0) is 25.1 Å². The molecular formula is C21H20Cl2N4O3. The highest BCUT2D eigenvalue weighted by molar-refractivity contribution is 6.36. The van der Waals surface area contributed by atoms with Gasteiger partial charge in [0, 0.05) is 37.9 Å². The minimum absolute atomic E-state index is 0.121. The number of hydrogen-bond acceptors (Lipinski definition) is 6. The number of carbonyl (C=O) groups is 1. The van der Waals surface area contributed by atoms with Crippen molar-refractivity contribution in [2.75, 3.05) is 38.2 Å². The second kappa shape index (κ2) is 8.53. The number of pyridine rings is 1. The topological polar surface area (TPSA) is 71.7 Å². The van der Waals surface area contributed by atoms with Gasteiger partial charge in [0.25, 0.3) is 5.91 Å². The molecule has 7 nitrogen and oxygen atoms in total. The summed E-state index contributed by atoms with van der Waals surface area (Å²) in [6, 6.07) is 9.10. The van der Waals surface area contributed by atoms with E-state index in [4.69, 9.17) is 32.5 Å². The fraction of sp³-hybridized carbons (Fsp3) is 0.286. The molecule has 0 saturated carbocycles. The first kappa shape index (κ1) is 20.5. The van der Waals surface area contributed by atoms with Crippen LogP contribution in [-0.2, 0) is 0 Å². The van der Waals surface area contributed by atoms with Crippen LogP contribution < -0.4 is 9.64 Å². The van der Waals surface area contributed by atoms with Gasteiger partial charge in [-0.2, -0.15) is 0 Å². The van der Waals surface area contributed by atoms with Crippen LogP contribution in [0.2, 0.25) is 10.0 Å². The summed E-state index contributed by atoms with van der Waals surface area (Å²) in [5.74, 6) is 1.66. The fourth-order valence-electron chi connectivity index (χ4n) is 3.57. The lowest BCUT2D eigenvalue weighted by Gasteiger charge is -2.35. The Labute approximate surface area is 184 Å². The number of nitrogens with zero attached hydrogens (tertiary/aromatic N) is 4. The van der Waals surface area contributed by atoms with Gasteiger partial charge in [0.15, 0.2) is 0 Å². The second-order valence-corrected chi connectivity index (χ2v) is 7.74. The van der Waals surface area contributed by atoms with Crippen molar-refractivity contribution in [3.05, 3.63) is 57.9 Å². The number of aryl methyl sites for hydroxylation is 1. The van der Waals surface area contributed by atoms with E-state index >= 15 is 0 Å². The third-order valence-electron chi connectivity index (χ3n) is 5.09. The summed E-state index contributed by atoms with van der Waals surface area (Å²) < 4.78 is 10.8. The third kappa shape index (κ3) is 3.82. The number of hydrogen-bond donors (Lipinski definition) is 0. The Morgan fingerprint density at radius 3 is 2.60 bits per heavy atom. The number of amides is 1. The first-order valence-corrected chi connectivity index (χ1v) is 10.2. The molecule has 0 atom stereocenters. The van der Waals surface area contributed by atoms with Crippen molar-refractivity contribution in [1.29, 1.82) is 0 Å². The van der Waals surface area contributed by atoms with Crippen LogP contribution in [0.5, 0.6) is 5.75 Å². The maximum atomic E-state index is 13.3. The van der Waals surface area contributed by atoms with Crippen LogP contribution >= 0.6 is 23.2 Å². The van der Waals surface area contributed by atoms with E-state index in [1.54, 1.807) is 31.2 Å². The molecule has 0 spiro atoms. The molecule has 1 amide bonds. The highest BCUT2D eigenvalue weighted by atomic mass is 35.5. The van der Waals surface area contributed by atoms with Crippen LogP contribution in [0.4, 0.5) is 5.82 Å². The highest BCUT2D eigenvalue weighted by Crippen LogP contribution is 2.34. The molecule has 0 bridgehead atoms. The van der Waals surface area contributed by atoms with Crippen LogP contribution in [0.1, 0.15) is 16.1 Å². The van der Waals surface area contributed by atoms with Crippen molar-refractivity contribution in [2.24, 2.45) is 0 Å². The largest absolute Gasteiger partial charge is 0.496 e. The monoisotopic (exact) mass is 446 g/mol. The van der Waals surface area contributed by atoms with Gasteiger partial charge in [-0.25, -0.2) is 4.98 Å². The van der Waals surface area contributed by atoms with Crippen LogP contribution in [0.15, 0.2) is 41.1 Å². The maximum absolute atomic E-state index is 13.3. The predicted molar refractivity (Wildman–Crippen MR) is 116 cm³/mol. The average molecular weight is 447 g/mol. The van der Waals surface area contributed by atoms with E-state index in [0.717, 1.165) is 5.56 Å². The number of aromatic nitrogens is 2. The van der Waals surface area contributed by atoms with Gasteiger partial charge < -0.3 is 19.1 Å². The molecular weight excluding hydrogens is 427 g/mol. The Hall–Kier alpha value is -2.77. The van der Waals surface area contributed by atoms with E-state index in [2.05, 4.69) is 10.1 Å². The zero-order chi connectivity index (χ0) is 21.3. The quantitative estimate of drug-likeness (QED) is 0.593. The number of ether oxygens (including phenoxy) is 1. The Balaban J connectivity index is 1.55. The van der Waals surface area contributed by atoms with E-state index in [1.807, 2.05) is 29.2 Å². The van der Waals surface area contributed by atoms with E-state index in [-0.39, 0.29) is 5.91 Å². The molecule has 4 rings (SSSR count). The van der Waals surface area contributed by atoms with Crippen molar-refractivity contribution < 1.29 is 14.1 Å². The third-order valence-corrected chi connectivity index (χ3v) is 5.58. The predicted octanol–water partition coefficient (Wildman–Crippen LogP) is 4.32. The van der Waals surface area contributed by atoms with Crippen molar-refractivity contribution in [3.63, 3.8) is 0 Å². The molecule has 1 aromatic carbocycles. The van der Waals surface area contributed by atoms with Gasteiger partial charge in [0.1, 0.15) is 28.6 Å². The van der Waals surface area contributed by atoms with E-state index in [9.17, 15) is 4.79 Å². The molecule has 1 aliphatic rings.